The van der Waals surface area contributed by atoms with Crippen LogP contribution in [0, 0.1) is 0 Å². The van der Waals surface area contributed by atoms with Crippen LogP contribution in [0.5, 0.6) is 0 Å². The number of allylic oxidation sites excluding steroid dienone is 2. The summed E-state index contributed by atoms with van der Waals surface area (Å²) in [5, 5.41) is 3.70. The number of benzene rings is 1. The molecule has 94 valence electrons. The van der Waals surface area contributed by atoms with E-state index >= 15 is 0 Å². The zero-order valence-corrected chi connectivity index (χ0v) is 10.9. The maximum Gasteiger partial charge on any atom is 0.0176 e. The molecular formula is C17H21N. The predicted octanol–water partition coefficient (Wildman–Crippen LogP) is 3.65. The average Bonchev–Trinajstić information content (AvgIpc) is 3.05. The summed E-state index contributed by atoms with van der Waals surface area (Å²) in [5.41, 5.74) is 6.33. The molecule has 3 aliphatic rings. The Kier molecular flexibility index (Phi) is 2.54. The molecule has 0 aromatic heterocycles. The van der Waals surface area contributed by atoms with Gasteiger partial charge in [0.15, 0.2) is 0 Å². The van der Waals surface area contributed by atoms with Crippen molar-refractivity contribution in [1.82, 2.24) is 5.32 Å². The number of hydrogen-bond acceptors (Lipinski definition) is 1. The molecule has 1 unspecified atom stereocenters. The van der Waals surface area contributed by atoms with Crippen LogP contribution in [-0.4, -0.2) is 12.6 Å². The first-order chi connectivity index (χ1) is 8.92. The number of fused-ring (bicyclic) bond motifs is 3. The van der Waals surface area contributed by atoms with Gasteiger partial charge in [-0.05, 0) is 73.3 Å². The van der Waals surface area contributed by atoms with E-state index in [2.05, 4.69) is 29.6 Å². The van der Waals surface area contributed by atoms with Crippen molar-refractivity contribution in [2.45, 2.75) is 50.5 Å². The van der Waals surface area contributed by atoms with Gasteiger partial charge in [-0.15, -0.1) is 0 Å². The van der Waals surface area contributed by atoms with Gasteiger partial charge in [0, 0.05) is 6.04 Å². The third-order valence-electron chi connectivity index (χ3n) is 4.98. The van der Waals surface area contributed by atoms with Gasteiger partial charge in [-0.25, -0.2) is 0 Å². The molecule has 0 bridgehead atoms. The van der Waals surface area contributed by atoms with Crippen LogP contribution < -0.4 is 5.32 Å². The molecule has 1 saturated heterocycles. The molecule has 0 spiro atoms. The standard InChI is InChI=1S/C17H21N/c1-2-5-12(4-1)13-7-8-14-11-17-15(16(14)10-13)6-3-9-18-17/h4,7-8,10,15,17-18H,1-3,5-6,9,11H2/t15-,17?/m1/s1. The summed E-state index contributed by atoms with van der Waals surface area (Å²) in [6.07, 6.45) is 10.3. The highest BCUT2D eigenvalue weighted by Gasteiger charge is 2.34. The molecule has 1 heterocycles. The van der Waals surface area contributed by atoms with E-state index in [1.807, 2.05) is 0 Å². The Balaban J connectivity index is 1.71. The lowest BCUT2D eigenvalue weighted by Gasteiger charge is -2.27. The van der Waals surface area contributed by atoms with Crippen molar-refractivity contribution in [2.75, 3.05) is 6.54 Å². The van der Waals surface area contributed by atoms with E-state index in [0.717, 1.165) is 12.0 Å². The first-order valence-corrected chi connectivity index (χ1v) is 7.47. The van der Waals surface area contributed by atoms with Gasteiger partial charge in [0.2, 0.25) is 0 Å². The van der Waals surface area contributed by atoms with Crippen molar-refractivity contribution in [2.24, 2.45) is 0 Å². The summed E-state index contributed by atoms with van der Waals surface area (Å²) in [7, 11) is 0. The van der Waals surface area contributed by atoms with Crippen LogP contribution in [0.15, 0.2) is 24.3 Å². The van der Waals surface area contributed by atoms with Gasteiger partial charge in [0.05, 0.1) is 0 Å². The van der Waals surface area contributed by atoms with Gasteiger partial charge in [0.25, 0.3) is 0 Å². The van der Waals surface area contributed by atoms with E-state index in [1.54, 1.807) is 16.7 Å². The smallest absolute Gasteiger partial charge is 0.0176 e. The quantitative estimate of drug-likeness (QED) is 0.789. The molecule has 0 saturated carbocycles. The van der Waals surface area contributed by atoms with Crippen molar-refractivity contribution in [3.63, 3.8) is 0 Å². The summed E-state index contributed by atoms with van der Waals surface area (Å²) in [5.74, 6) is 0.788. The van der Waals surface area contributed by atoms with Crippen molar-refractivity contribution < 1.29 is 0 Å². The van der Waals surface area contributed by atoms with E-state index in [9.17, 15) is 0 Å². The molecular weight excluding hydrogens is 218 g/mol. The van der Waals surface area contributed by atoms with E-state index in [0.29, 0.717) is 0 Å². The summed E-state index contributed by atoms with van der Waals surface area (Å²) < 4.78 is 0. The minimum Gasteiger partial charge on any atom is -0.313 e. The Morgan fingerprint density at radius 1 is 1.17 bits per heavy atom. The highest BCUT2D eigenvalue weighted by molar-refractivity contribution is 5.68. The van der Waals surface area contributed by atoms with Gasteiger partial charge in [-0.3, -0.25) is 0 Å². The molecule has 2 aliphatic carbocycles. The van der Waals surface area contributed by atoms with Crippen molar-refractivity contribution in [3.8, 4) is 0 Å². The molecule has 0 radical (unpaired) electrons. The average molecular weight is 239 g/mol. The van der Waals surface area contributed by atoms with Gasteiger partial charge in [-0.1, -0.05) is 24.3 Å². The minimum atomic E-state index is 0.724. The third-order valence-corrected chi connectivity index (χ3v) is 4.98. The SMILES string of the molecule is C1=C(c2ccc3c(c2)[C@H]2CCCNC2C3)CCC1. The number of nitrogens with one attached hydrogen (secondary N) is 1. The lowest BCUT2D eigenvalue weighted by atomic mass is 9.89. The minimum absolute atomic E-state index is 0.724. The Bertz CT molecular complexity index is 500. The normalized spacial score (nSPS) is 29.9. The lowest BCUT2D eigenvalue weighted by molar-refractivity contribution is 0.372. The van der Waals surface area contributed by atoms with E-state index in [4.69, 9.17) is 0 Å². The molecule has 1 aliphatic heterocycles. The summed E-state index contributed by atoms with van der Waals surface area (Å²) in [4.78, 5) is 0. The number of piperidine rings is 1. The fraction of sp³-hybridized carbons (Fsp3) is 0.529. The van der Waals surface area contributed by atoms with E-state index < -0.39 is 0 Å². The fourth-order valence-corrected chi connectivity index (χ4v) is 4.04. The molecule has 0 amide bonds. The van der Waals surface area contributed by atoms with Crippen molar-refractivity contribution >= 4 is 5.57 Å². The molecule has 1 heteroatoms. The second-order valence-corrected chi connectivity index (χ2v) is 6.05. The van der Waals surface area contributed by atoms with Crippen molar-refractivity contribution in [3.05, 3.63) is 41.0 Å². The molecule has 1 N–H and O–H groups in total. The Morgan fingerprint density at radius 3 is 3.06 bits per heavy atom. The molecule has 1 aromatic carbocycles. The maximum atomic E-state index is 3.70. The van der Waals surface area contributed by atoms with Gasteiger partial charge in [0.1, 0.15) is 0 Å². The lowest BCUT2D eigenvalue weighted by Crippen LogP contribution is -2.37. The van der Waals surface area contributed by atoms with E-state index in [1.165, 1.54) is 50.6 Å². The monoisotopic (exact) mass is 239 g/mol. The van der Waals surface area contributed by atoms with Gasteiger partial charge in [-0.2, -0.15) is 0 Å². The molecule has 1 fully saturated rings. The Hall–Kier alpha value is -1.08. The number of rotatable bonds is 1. The second kappa shape index (κ2) is 4.24. The summed E-state index contributed by atoms with van der Waals surface area (Å²) in [6, 6.07) is 7.97. The summed E-state index contributed by atoms with van der Waals surface area (Å²) in [6.45, 7) is 1.22. The van der Waals surface area contributed by atoms with Crippen LogP contribution in [0.4, 0.5) is 0 Å². The molecule has 2 atom stereocenters. The molecule has 18 heavy (non-hydrogen) atoms. The zero-order chi connectivity index (χ0) is 11.9. The molecule has 1 aromatic rings. The highest BCUT2D eigenvalue weighted by Crippen LogP contribution is 2.40. The van der Waals surface area contributed by atoms with Gasteiger partial charge >= 0.3 is 0 Å². The molecule has 4 rings (SSSR count). The predicted molar refractivity (Wildman–Crippen MR) is 75.7 cm³/mol. The highest BCUT2D eigenvalue weighted by atomic mass is 14.9. The van der Waals surface area contributed by atoms with Crippen LogP contribution in [-0.2, 0) is 6.42 Å². The van der Waals surface area contributed by atoms with Gasteiger partial charge < -0.3 is 5.32 Å². The Morgan fingerprint density at radius 2 is 2.17 bits per heavy atom. The van der Waals surface area contributed by atoms with Crippen LogP contribution in [0.2, 0.25) is 0 Å². The van der Waals surface area contributed by atoms with E-state index in [-0.39, 0.29) is 0 Å². The first kappa shape index (κ1) is 10.8. The summed E-state index contributed by atoms with van der Waals surface area (Å²) >= 11 is 0. The van der Waals surface area contributed by atoms with Crippen LogP contribution in [0.25, 0.3) is 5.57 Å². The Labute approximate surface area is 109 Å². The topological polar surface area (TPSA) is 12.0 Å². The second-order valence-electron chi connectivity index (χ2n) is 6.05. The van der Waals surface area contributed by atoms with Crippen molar-refractivity contribution in [1.29, 1.82) is 0 Å². The molecule has 1 nitrogen and oxygen atoms in total. The van der Waals surface area contributed by atoms with Crippen LogP contribution in [0.1, 0.15) is 54.7 Å². The largest absolute Gasteiger partial charge is 0.313 e. The maximum absolute atomic E-state index is 3.70. The third kappa shape index (κ3) is 1.65. The number of hydrogen-bond donors (Lipinski definition) is 1. The van der Waals surface area contributed by atoms with Crippen LogP contribution >= 0.6 is 0 Å². The fourth-order valence-electron chi connectivity index (χ4n) is 4.04. The first-order valence-electron chi connectivity index (χ1n) is 7.47. The van der Waals surface area contributed by atoms with Crippen LogP contribution in [0.3, 0.4) is 0 Å². The zero-order valence-electron chi connectivity index (χ0n) is 10.9.